The zero-order valence-corrected chi connectivity index (χ0v) is 16.4. The van der Waals surface area contributed by atoms with Crippen LogP contribution in [0.1, 0.15) is 21.5 Å². The third-order valence-corrected chi connectivity index (χ3v) is 5.05. The smallest absolute Gasteiger partial charge is 0.171 e. The van der Waals surface area contributed by atoms with E-state index < -0.39 is 0 Å². The lowest BCUT2D eigenvalue weighted by atomic mass is 9.96. The van der Waals surface area contributed by atoms with E-state index in [0.717, 1.165) is 16.5 Å². The number of carbonyl (C=O) groups excluding carboxylic acids is 1. The van der Waals surface area contributed by atoms with Crippen LogP contribution in [-0.4, -0.2) is 16.0 Å². The van der Waals surface area contributed by atoms with Crippen LogP contribution in [0.2, 0.25) is 0 Å². The molecular weight excluding hydrogens is 376 g/mol. The number of hydrogen-bond acceptors (Lipinski definition) is 5. The molecule has 4 aromatic carbocycles. The van der Waals surface area contributed by atoms with Crippen LogP contribution in [0.15, 0.2) is 89.1 Å². The van der Waals surface area contributed by atoms with Gasteiger partial charge >= 0.3 is 0 Å². The molecule has 0 bridgehead atoms. The Bertz CT molecular complexity index is 1280. The van der Waals surface area contributed by atoms with Crippen LogP contribution in [0.25, 0.3) is 10.8 Å². The second-order valence-corrected chi connectivity index (χ2v) is 7.06. The molecule has 0 saturated heterocycles. The number of aromatic hydroxyl groups is 2. The average Bonchev–Trinajstić information content (AvgIpc) is 2.75. The fourth-order valence-corrected chi connectivity index (χ4v) is 3.36. The number of fused-ring (bicyclic) bond motifs is 1. The number of benzene rings is 4. The van der Waals surface area contributed by atoms with E-state index in [-0.39, 0.29) is 40.6 Å². The Morgan fingerprint density at radius 1 is 0.867 bits per heavy atom. The monoisotopic (exact) mass is 396 g/mol. The highest BCUT2D eigenvalue weighted by molar-refractivity contribution is 6.08. The quantitative estimate of drug-likeness (QED) is 0.302. The van der Waals surface area contributed by atoms with Crippen LogP contribution < -0.4 is 0 Å². The van der Waals surface area contributed by atoms with E-state index in [1.54, 1.807) is 24.3 Å². The van der Waals surface area contributed by atoms with Gasteiger partial charge in [-0.2, -0.15) is 0 Å². The molecule has 0 fully saturated rings. The van der Waals surface area contributed by atoms with Crippen molar-refractivity contribution in [3.05, 3.63) is 95.6 Å². The van der Waals surface area contributed by atoms with Crippen molar-refractivity contribution in [2.24, 2.45) is 10.2 Å². The van der Waals surface area contributed by atoms with Gasteiger partial charge in [-0.1, -0.05) is 60.7 Å². The number of hydrogen-bond donors (Lipinski definition) is 2. The van der Waals surface area contributed by atoms with E-state index in [1.807, 2.05) is 55.5 Å². The van der Waals surface area contributed by atoms with Gasteiger partial charge in [0.25, 0.3) is 0 Å². The van der Waals surface area contributed by atoms with Crippen molar-refractivity contribution in [1.82, 2.24) is 0 Å². The van der Waals surface area contributed by atoms with E-state index >= 15 is 0 Å². The Morgan fingerprint density at radius 3 is 2.37 bits per heavy atom. The maximum Gasteiger partial charge on any atom is 0.171 e. The Hall–Kier alpha value is -3.99. The lowest BCUT2D eigenvalue weighted by Crippen LogP contribution is -2.05. The van der Waals surface area contributed by atoms with Crippen LogP contribution in [0, 0.1) is 6.92 Å². The molecule has 30 heavy (non-hydrogen) atoms. The van der Waals surface area contributed by atoms with E-state index in [1.165, 1.54) is 6.07 Å². The highest BCUT2D eigenvalue weighted by atomic mass is 16.3. The van der Waals surface area contributed by atoms with Crippen LogP contribution in [0.5, 0.6) is 11.5 Å². The summed E-state index contributed by atoms with van der Waals surface area (Å²) in [4.78, 5) is 13.0. The molecule has 0 amide bonds. The third-order valence-electron chi connectivity index (χ3n) is 5.05. The first-order valence-electron chi connectivity index (χ1n) is 9.57. The number of phenols is 2. The zero-order valence-electron chi connectivity index (χ0n) is 16.4. The molecule has 0 aliphatic rings. The van der Waals surface area contributed by atoms with Gasteiger partial charge in [-0.15, -0.1) is 10.2 Å². The van der Waals surface area contributed by atoms with Crippen molar-refractivity contribution >= 4 is 27.9 Å². The van der Waals surface area contributed by atoms with Gasteiger partial charge in [0, 0.05) is 11.8 Å². The minimum absolute atomic E-state index is 0.0168. The molecule has 5 nitrogen and oxygen atoms in total. The molecule has 0 saturated carbocycles. The Labute approximate surface area is 174 Å². The van der Waals surface area contributed by atoms with Crippen molar-refractivity contribution in [2.45, 2.75) is 13.3 Å². The van der Waals surface area contributed by atoms with E-state index in [9.17, 15) is 15.0 Å². The molecule has 5 heteroatoms. The van der Waals surface area contributed by atoms with E-state index in [0.29, 0.717) is 5.39 Å². The van der Waals surface area contributed by atoms with Gasteiger partial charge in [-0.25, -0.2) is 0 Å². The summed E-state index contributed by atoms with van der Waals surface area (Å²) < 4.78 is 0. The van der Waals surface area contributed by atoms with Crippen molar-refractivity contribution in [3.8, 4) is 11.5 Å². The minimum atomic E-state index is -0.216. The van der Waals surface area contributed by atoms with Gasteiger partial charge in [0.15, 0.2) is 11.5 Å². The normalized spacial score (nSPS) is 11.2. The number of phenolic OH excluding ortho intramolecular Hbond substituents is 2. The summed E-state index contributed by atoms with van der Waals surface area (Å²) >= 11 is 0. The van der Waals surface area contributed by atoms with Gasteiger partial charge in [0.05, 0.1) is 5.56 Å². The Balaban J connectivity index is 1.80. The van der Waals surface area contributed by atoms with Gasteiger partial charge in [0.2, 0.25) is 0 Å². The summed E-state index contributed by atoms with van der Waals surface area (Å²) in [7, 11) is 0. The topological polar surface area (TPSA) is 82.2 Å². The first-order chi connectivity index (χ1) is 14.5. The number of rotatable bonds is 5. The van der Waals surface area contributed by atoms with Crippen LogP contribution in [0.4, 0.5) is 11.4 Å². The predicted octanol–water partition coefficient (Wildman–Crippen LogP) is 6.40. The highest BCUT2D eigenvalue weighted by Gasteiger charge is 2.19. The van der Waals surface area contributed by atoms with Crippen LogP contribution in [0.3, 0.4) is 0 Å². The van der Waals surface area contributed by atoms with Crippen molar-refractivity contribution < 1.29 is 15.0 Å². The highest BCUT2D eigenvalue weighted by Crippen LogP contribution is 2.40. The Kier molecular flexibility index (Phi) is 5.26. The maximum absolute atomic E-state index is 13.0. The summed E-state index contributed by atoms with van der Waals surface area (Å²) in [6.45, 7) is 1.95. The summed E-state index contributed by atoms with van der Waals surface area (Å²) in [5.41, 5.74) is 2.60. The molecule has 0 aliphatic heterocycles. The Morgan fingerprint density at radius 2 is 1.57 bits per heavy atom. The van der Waals surface area contributed by atoms with Gasteiger partial charge < -0.3 is 10.2 Å². The maximum atomic E-state index is 13.0. The van der Waals surface area contributed by atoms with Gasteiger partial charge in [-0.3, -0.25) is 4.79 Å². The number of ketones is 1. The van der Waals surface area contributed by atoms with E-state index in [2.05, 4.69) is 10.2 Å². The molecule has 0 unspecified atom stereocenters. The minimum Gasteiger partial charge on any atom is -0.506 e. The molecule has 4 aromatic rings. The number of Topliss-reactive ketones (excluding diaryl/α,β-unsaturated/α-hetero) is 1. The second-order valence-electron chi connectivity index (χ2n) is 7.06. The molecule has 148 valence electrons. The average molecular weight is 396 g/mol. The molecule has 2 N–H and O–H groups in total. The first-order valence-corrected chi connectivity index (χ1v) is 9.57. The van der Waals surface area contributed by atoms with Gasteiger partial charge in [-0.05, 0) is 41.6 Å². The first kappa shape index (κ1) is 19.3. The summed E-state index contributed by atoms with van der Waals surface area (Å²) in [6, 6.07) is 23.3. The van der Waals surface area contributed by atoms with Crippen molar-refractivity contribution in [2.75, 3.05) is 0 Å². The molecule has 0 radical (unpaired) electrons. The number of aryl methyl sites for hydroxylation is 1. The fourth-order valence-electron chi connectivity index (χ4n) is 3.36. The molecule has 0 aliphatic carbocycles. The van der Waals surface area contributed by atoms with E-state index in [4.69, 9.17) is 0 Å². The van der Waals surface area contributed by atoms with Gasteiger partial charge in [0.1, 0.15) is 17.1 Å². The fraction of sp³-hybridized carbons (Fsp3) is 0.0800. The van der Waals surface area contributed by atoms with Crippen molar-refractivity contribution in [1.29, 1.82) is 0 Å². The molecule has 0 spiro atoms. The summed E-state index contributed by atoms with van der Waals surface area (Å²) in [5.74, 6) is -0.435. The molecule has 0 aromatic heterocycles. The molecule has 0 atom stereocenters. The molecular formula is C25H20N2O3. The molecule has 4 rings (SSSR count). The SMILES string of the molecule is Cc1ccccc1CC(=O)c1cc2ccccc2c(N=Nc2ccccc2O)c1O. The zero-order chi connectivity index (χ0) is 21.1. The predicted molar refractivity (Wildman–Crippen MR) is 117 cm³/mol. The van der Waals surface area contributed by atoms with Crippen molar-refractivity contribution in [3.63, 3.8) is 0 Å². The summed E-state index contributed by atoms with van der Waals surface area (Å²) in [6.07, 6.45) is 0.175. The number of azo groups is 1. The molecule has 0 heterocycles. The second kappa shape index (κ2) is 8.17. The van der Waals surface area contributed by atoms with Crippen LogP contribution >= 0.6 is 0 Å². The summed E-state index contributed by atoms with van der Waals surface area (Å²) in [5, 5.41) is 30.6. The number of para-hydroxylation sites is 1. The standard InChI is InChI=1S/C25H20N2O3/c1-16-8-2-3-9-17(16)15-23(29)20-14-18-10-4-5-11-19(18)24(25(20)30)27-26-21-12-6-7-13-22(21)28/h2-14,28,30H,15H2,1H3. The number of carbonyl (C=O) groups is 1. The lowest BCUT2D eigenvalue weighted by molar-refractivity contribution is 0.0990. The third kappa shape index (κ3) is 3.78. The largest absolute Gasteiger partial charge is 0.506 e. The number of nitrogens with zero attached hydrogens (tertiary/aromatic N) is 2. The lowest BCUT2D eigenvalue weighted by Gasteiger charge is -2.11. The van der Waals surface area contributed by atoms with Crippen LogP contribution in [-0.2, 0) is 6.42 Å².